The molecule has 0 unspecified atom stereocenters. The third kappa shape index (κ3) is 2.82. The molecular weight excluding hydrogens is 252 g/mol. The van der Waals surface area contributed by atoms with Crippen LogP contribution in [0.1, 0.15) is 35.7 Å². The molecule has 2 rings (SSSR count). The fourth-order valence-corrected chi connectivity index (χ4v) is 2.38. The number of unbranched alkanes of at least 4 members (excludes halogenated alkanes) is 1. The molecule has 0 saturated heterocycles. The van der Waals surface area contributed by atoms with Gasteiger partial charge in [-0.3, -0.25) is 0 Å². The zero-order chi connectivity index (χ0) is 14.5. The van der Waals surface area contributed by atoms with Gasteiger partial charge in [-0.05, 0) is 35.6 Å². The van der Waals surface area contributed by atoms with Gasteiger partial charge in [-0.25, -0.2) is 4.79 Å². The fraction of sp³-hybridized carbons (Fsp3) is 0.235. The van der Waals surface area contributed by atoms with Crippen molar-refractivity contribution >= 4 is 5.97 Å². The summed E-state index contributed by atoms with van der Waals surface area (Å²) in [6.07, 6.45) is 2.52. The largest absolute Gasteiger partial charge is 0.507 e. The monoisotopic (exact) mass is 270 g/mol. The Morgan fingerprint density at radius 2 is 1.80 bits per heavy atom. The van der Waals surface area contributed by atoms with Crippen LogP contribution < -0.4 is 0 Å². The van der Waals surface area contributed by atoms with Gasteiger partial charge in [-0.2, -0.15) is 0 Å². The minimum atomic E-state index is -1.08. The van der Waals surface area contributed by atoms with Gasteiger partial charge >= 0.3 is 5.97 Å². The van der Waals surface area contributed by atoms with Crippen molar-refractivity contribution in [3.63, 3.8) is 0 Å². The summed E-state index contributed by atoms with van der Waals surface area (Å²) in [5.74, 6) is -1.24. The minimum Gasteiger partial charge on any atom is -0.507 e. The van der Waals surface area contributed by atoms with E-state index in [0.717, 1.165) is 24.0 Å². The molecule has 0 aliphatic rings. The first-order valence-electron chi connectivity index (χ1n) is 6.78. The van der Waals surface area contributed by atoms with E-state index in [9.17, 15) is 15.0 Å². The average Bonchev–Trinajstić information content (AvgIpc) is 2.45. The molecule has 0 radical (unpaired) electrons. The zero-order valence-electron chi connectivity index (χ0n) is 11.5. The molecule has 2 N–H and O–H groups in total. The molecule has 0 aromatic heterocycles. The summed E-state index contributed by atoms with van der Waals surface area (Å²) in [6, 6.07) is 12.9. The van der Waals surface area contributed by atoms with E-state index in [1.165, 1.54) is 6.07 Å². The van der Waals surface area contributed by atoms with Crippen LogP contribution in [0.25, 0.3) is 11.1 Å². The number of hydrogen-bond donors (Lipinski definition) is 2. The molecule has 20 heavy (non-hydrogen) atoms. The van der Waals surface area contributed by atoms with Crippen LogP contribution in [-0.2, 0) is 6.42 Å². The van der Waals surface area contributed by atoms with Crippen LogP contribution in [-0.4, -0.2) is 16.2 Å². The first-order chi connectivity index (χ1) is 9.65. The standard InChI is InChI=1S/C17H18O3/c1-2-3-9-14-13(12-7-5-4-6-8-12)10-11-15(18)16(14)17(19)20/h4-8,10-11,18H,2-3,9H2,1H3,(H,19,20). The summed E-state index contributed by atoms with van der Waals surface area (Å²) >= 11 is 0. The normalized spacial score (nSPS) is 10.4. The van der Waals surface area contributed by atoms with Gasteiger partial charge < -0.3 is 10.2 Å². The van der Waals surface area contributed by atoms with Gasteiger partial charge in [-0.1, -0.05) is 49.7 Å². The lowest BCUT2D eigenvalue weighted by Crippen LogP contribution is -2.05. The lowest BCUT2D eigenvalue weighted by Gasteiger charge is -2.14. The molecule has 0 saturated carbocycles. The first kappa shape index (κ1) is 14.1. The number of carboxylic acids is 1. The van der Waals surface area contributed by atoms with E-state index in [1.807, 2.05) is 30.3 Å². The predicted molar refractivity (Wildman–Crippen MR) is 79.1 cm³/mol. The van der Waals surface area contributed by atoms with Crippen LogP contribution in [0.2, 0.25) is 0 Å². The van der Waals surface area contributed by atoms with E-state index < -0.39 is 5.97 Å². The molecular formula is C17H18O3. The maximum absolute atomic E-state index is 11.4. The average molecular weight is 270 g/mol. The maximum atomic E-state index is 11.4. The second-order valence-electron chi connectivity index (χ2n) is 4.76. The zero-order valence-corrected chi connectivity index (χ0v) is 11.5. The van der Waals surface area contributed by atoms with Crippen molar-refractivity contribution in [1.29, 1.82) is 0 Å². The lowest BCUT2D eigenvalue weighted by molar-refractivity contribution is 0.0692. The van der Waals surface area contributed by atoms with Gasteiger partial charge in [0.2, 0.25) is 0 Å². The molecule has 0 amide bonds. The molecule has 3 nitrogen and oxygen atoms in total. The van der Waals surface area contributed by atoms with Gasteiger partial charge in [0.05, 0.1) is 0 Å². The van der Waals surface area contributed by atoms with E-state index in [0.29, 0.717) is 12.0 Å². The molecule has 0 heterocycles. The highest BCUT2D eigenvalue weighted by atomic mass is 16.4. The summed E-state index contributed by atoms with van der Waals surface area (Å²) in [5.41, 5.74) is 2.60. The summed E-state index contributed by atoms with van der Waals surface area (Å²) in [4.78, 5) is 11.4. The molecule has 0 aliphatic heterocycles. The molecule has 3 heteroatoms. The summed E-state index contributed by atoms with van der Waals surface area (Å²) in [6.45, 7) is 2.06. The number of hydrogen-bond acceptors (Lipinski definition) is 2. The third-order valence-corrected chi connectivity index (χ3v) is 3.37. The highest BCUT2D eigenvalue weighted by molar-refractivity contribution is 5.95. The van der Waals surface area contributed by atoms with E-state index in [2.05, 4.69) is 6.92 Å². The van der Waals surface area contributed by atoms with Crippen LogP contribution >= 0.6 is 0 Å². The number of carboxylic acid groups (broad SMARTS) is 1. The molecule has 0 aliphatic carbocycles. The smallest absolute Gasteiger partial charge is 0.339 e. The Morgan fingerprint density at radius 1 is 1.10 bits per heavy atom. The van der Waals surface area contributed by atoms with Crippen LogP contribution in [0.4, 0.5) is 0 Å². The van der Waals surface area contributed by atoms with Gasteiger partial charge in [0.25, 0.3) is 0 Å². The third-order valence-electron chi connectivity index (χ3n) is 3.37. The van der Waals surface area contributed by atoms with Crippen LogP contribution in [0.3, 0.4) is 0 Å². The van der Waals surface area contributed by atoms with E-state index >= 15 is 0 Å². The molecule has 2 aromatic carbocycles. The van der Waals surface area contributed by atoms with Crippen LogP contribution in [0.5, 0.6) is 5.75 Å². The van der Waals surface area contributed by atoms with Crippen LogP contribution in [0.15, 0.2) is 42.5 Å². The van der Waals surface area contributed by atoms with Crippen molar-refractivity contribution in [3.05, 3.63) is 53.6 Å². The Morgan fingerprint density at radius 3 is 2.40 bits per heavy atom. The summed E-state index contributed by atoms with van der Waals surface area (Å²) in [5, 5.41) is 19.2. The Hall–Kier alpha value is -2.29. The van der Waals surface area contributed by atoms with E-state index in [4.69, 9.17) is 0 Å². The quantitative estimate of drug-likeness (QED) is 0.860. The first-order valence-corrected chi connectivity index (χ1v) is 6.78. The number of rotatable bonds is 5. The number of aromatic hydroxyl groups is 1. The van der Waals surface area contributed by atoms with Crippen molar-refractivity contribution in [2.75, 3.05) is 0 Å². The summed E-state index contributed by atoms with van der Waals surface area (Å²) in [7, 11) is 0. The molecule has 0 atom stereocenters. The van der Waals surface area contributed by atoms with Gasteiger partial charge in [0.15, 0.2) is 0 Å². The lowest BCUT2D eigenvalue weighted by atomic mass is 9.91. The number of phenols is 1. The topological polar surface area (TPSA) is 57.5 Å². The Kier molecular flexibility index (Phi) is 4.41. The number of carbonyl (C=O) groups is 1. The maximum Gasteiger partial charge on any atom is 0.339 e. The molecule has 0 fully saturated rings. The summed E-state index contributed by atoms with van der Waals surface area (Å²) < 4.78 is 0. The van der Waals surface area contributed by atoms with Gasteiger partial charge in [0.1, 0.15) is 11.3 Å². The van der Waals surface area contributed by atoms with Gasteiger partial charge in [0, 0.05) is 0 Å². The predicted octanol–water partition coefficient (Wildman–Crippen LogP) is 4.10. The molecule has 0 spiro atoms. The Balaban J connectivity index is 2.62. The second kappa shape index (κ2) is 6.24. The van der Waals surface area contributed by atoms with Crippen molar-refractivity contribution in [2.24, 2.45) is 0 Å². The fourth-order valence-electron chi connectivity index (χ4n) is 2.38. The molecule has 0 bridgehead atoms. The van der Waals surface area contributed by atoms with Crippen molar-refractivity contribution in [3.8, 4) is 16.9 Å². The highest BCUT2D eigenvalue weighted by Gasteiger charge is 2.19. The minimum absolute atomic E-state index is 0.0276. The van der Waals surface area contributed by atoms with Crippen molar-refractivity contribution < 1.29 is 15.0 Å². The van der Waals surface area contributed by atoms with Crippen LogP contribution in [0, 0.1) is 0 Å². The number of benzene rings is 2. The molecule has 104 valence electrons. The Bertz CT molecular complexity index is 603. The van der Waals surface area contributed by atoms with Crippen molar-refractivity contribution in [2.45, 2.75) is 26.2 Å². The van der Waals surface area contributed by atoms with E-state index in [1.54, 1.807) is 6.07 Å². The SMILES string of the molecule is CCCCc1c(-c2ccccc2)ccc(O)c1C(=O)O. The highest BCUT2D eigenvalue weighted by Crippen LogP contribution is 2.32. The Labute approximate surface area is 118 Å². The van der Waals surface area contributed by atoms with E-state index in [-0.39, 0.29) is 11.3 Å². The molecule has 2 aromatic rings. The number of aromatic carboxylic acids is 1. The van der Waals surface area contributed by atoms with Gasteiger partial charge in [-0.15, -0.1) is 0 Å². The van der Waals surface area contributed by atoms with Crippen molar-refractivity contribution in [1.82, 2.24) is 0 Å². The second-order valence-corrected chi connectivity index (χ2v) is 4.76.